The molecule has 7 heteroatoms. The van der Waals surface area contributed by atoms with Crippen LogP contribution in [0.1, 0.15) is 72.7 Å². The van der Waals surface area contributed by atoms with Crippen LogP contribution >= 0.6 is 0 Å². The van der Waals surface area contributed by atoms with Crippen molar-refractivity contribution in [3.8, 4) is 11.1 Å². The lowest BCUT2D eigenvalue weighted by Gasteiger charge is -2.33. The van der Waals surface area contributed by atoms with E-state index < -0.39 is 35.5 Å². The van der Waals surface area contributed by atoms with E-state index >= 15 is 13.2 Å². The van der Waals surface area contributed by atoms with Crippen molar-refractivity contribution >= 4 is 5.97 Å². The van der Waals surface area contributed by atoms with Crippen LogP contribution in [0.15, 0.2) is 66.7 Å². The molecular weight excluding hydrogens is 518 g/mol. The van der Waals surface area contributed by atoms with Gasteiger partial charge in [0.15, 0.2) is 0 Å². The van der Waals surface area contributed by atoms with Crippen molar-refractivity contribution in [3.63, 3.8) is 0 Å². The number of nitrogens with zero attached hydrogens (tertiary/aromatic N) is 1. The van der Waals surface area contributed by atoms with E-state index in [9.17, 15) is 14.3 Å². The number of rotatable bonds is 8. The fraction of sp³-hybridized carbons (Fsp3) is 0.424. The number of carboxylic acids is 1. The minimum absolute atomic E-state index is 0.0269. The number of fused-ring (bicyclic) bond motifs is 1. The van der Waals surface area contributed by atoms with Gasteiger partial charge in [-0.25, -0.2) is 4.39 Å². The number of benzene rings is 3. The molecule has 0 radical (unpaired) electrons. The molecule has 0 aromatic heterocycles. The smallest absolute Gasteiger partial charge is 0.417 e. The number of halogens is 4. The third-order valence-electron chi connectivity index (χ3n) is 9.16. The second-order valence-electron chi connectivity index (χ2n) is 11.8. The summed E-state index contributed by atoms with van der Waals surface area (Å²) < 4.78 is 59.5. The molecular formula is C33H33F4NO2. The van der Waals surface area contributed by atoms with Crippen molar-refractivity contribution in [2.45, 2.75) is 56.7 Å². The molecule has 0 bridgehead atoms. The van der Waals surface area contributed by atoms with E-state index in [1.54, 1.807) is 48.5 Å². The van der Waals surface area contributed by atoms with Crippen LogP contribution in [0.25, 0.3) is 11.1 Å². The molecule has 2 saturated carbocycles. The van der Waals surface area contributed by atoms with Gasteiger partial charge in [-0.3, -0.25) is 9.69 Å². The van der Waals surface area contributed by atoms with E-state index in [2.05, 4.69) is 4.90 Å². The molecule has 3 fully saturated rings. The highest BCUT2D eigenvalue weighted by Gasteiger charge is 2.45. The molecule has 2 aliphatic carbocycles. The van der Waals surface area contributed by atoms with E-state index in [0.717, 1.165) is 44.3 Å². The lowest BCUT2D eigenvalue weighted by molar-refractivity contribution is -0.141. The molecule has 0 amide bonds. The molecule has 4 atom stereocenters. The van der Waals surface area contributed by atoms with E-state index in [0.29, 0.717) is 23.0 Å². The van der Waals surface area contributed by atoms with Crippen molar-refractivity contribution in [2.24, 2.45) is 17.8 Å². The van der Waals surface area contributed by atoms with E-state index in [1.165, 1.54) is 24.6 Å². The number of hydrogen-bond acceptors (Lipinski definition) is 2. The minimum Gasteiger partial charge on any atom is -0.481 e. The lowest BCUT2D eigenvalue weighted by Crippen LogP contribution is -2.30. The molecule has 0 spiro atoms. The Morgan fingerprint density at radius 3 is 2.08 bits per heavy atom. The molecule has 3 aliphatic rings. The zero-order valence-electron chi connectivity index (χ0n) is 22.2. The van der Waals surface area contributed by atoms with Gasteiger partial charge in [0.2, 0.25) is 0 Å². The third kappa shape index (κ3) is 5.28. The standard InChI is InChI=1S/C33H33F4NO2/c34-25-13-11-22(12-14-25)31(38-18-23-7-4-8-24(23)19-38)27-16-15-26(28(32(39)40)17-20-9-10-20)30(33(35,36)37)29(27)21-5-2-1-3-6-21/h1-3,5-6,11-16,20,23-24,28,31H,4,7-10,17-19H2,(H,39,40). The van der Waals surface area contributed by atoms with Gasteiger partial charge >= 0.3 is 12.1 Å². The first-order valence-corrected chi connectivity index (χ1v) is 14.2. The largest absolute Gasteiger partial charge is 0.481 e. The van der Waals surface area contributed by atoms with Gasteiger partial charge < -0.3 is 5.11 Å². The predicted octanol–water partition coefficient (Wildman–Crippen LogP) is 8.30. The highest BCUT2D eigenvalue weighted by atomic mass is 19.4. The Morgan fingerprint density at radius 2 is 1.50 bits per heavy atom. The Balaban J connectivity index is 1.59. The summed E-state index contributed by atoms with van der Waals surface area (Å²) in [6, 6.07) is 17.1. The second-order valence-corrected chi connectivity index (χ2v) is 11.8. The first kappa shape index (κ1) is 27.0. The monoisotopic (exact) mass is 551 g/mol. The first-order valence-electron chi connectivity index (χ1n) is 14.2. The molecule has 6 rings (SSSR count). The van der Waals surface area contributed by atoms with Crippen molar-refractivity contribution in [1.29, 1.82) is 0 Å². The van der Waals surface area contributed by atoms with Crippen LogP contribution in [0.5, 0.6) is 0 Å². The number of carbonyl (C=O) groups is 1. The van der Waals surface area contributed by atoms with Crippen LogP contribution in [0, 0.1) is 23.6 Å². The molecule has 1 saturated heterocycles. The fourth-order valence-electron chi connectivity index (χ4n) is 7.14. The zero-order valence-corrected chi connectivity index (χ0v) is 22.2. The molecule has 4 unspecified atom stereocenters. The molecule has 3 aromatic rings. The maximum atomic E-state index is 15.2. The Bertz CT molecular complexity index is 1360. The highest BCUT2D eigenvalue weighted by molar-refractivity contribution is 5.81. The fourth-order valence-corrected chi connectivity index (χ4v) is 7.14. The molecule has 1 heterocycles. The highest BCUT2D eigenvalue weighted by Crippen LogP contribution is 2.50. The number of aliphatic carboxylic acids is 1. The van der Waals surface area contributed by atoms with Crippen LogP contribution in [0.4, 0.5) is 17.6 Å². The van der Waals surface area contributed by atoms with Gasteiger partial charge in [-0.2, -0.15) is 13.2 Å². The summed E-state index contributed by atoms with van der Waals surface area (Å²) in [6.45, 7) is 1.53. The van der Waals surface area contributed by atoms with Crippen LogP contribution in [0.2, 0.25) is 0 Å². The second kappa shape index (κ2) is 10.7. The minimum atomic E-state index is -4.78. The Labute approximate surface area is 231 Å². The van der Waals surface area contributed by atoms with Crippen molar-refractivity contribution in [1.82, 2.24) is 4.90 Å². The van der Waals surface area contributed by atoms with Gasteiger partial charge in [-0.05, 0) is 77.0 Å². The quantitative estimate of drug-likeness (QED) is 0.286. The van der Waals surface area contributed by atoms with E-state index in [1.807, 2.05) is 0 Å². The Morgan fingerprint density at radius 1 is 0.875 bits per heavy atom. The predicted molar refractivity (Wildman–Crippen MR) is 145 cm³/mol. The van der Waals surface area contributed by atoms with Crippen LogP contribution < -0.4 is 0 Å². The SMILES string of the molecule is O=C(O)C(CC1CC1)c1ccc(C(c2ccc(F)cc2)N2CC3CCCC3C2)c(-c2ccccc2)c1C(F)(F)F. The molecule has 40 heavy (non-hydrogen) atoms. The van der Waals surface area contributed by atoms with Gasteiger partial charge in [-0.1, -0.05) is 73.9 Å². The molecule has 1 aliphatic heterocycles. The topological polar surface area (TPSA) is 40.5 Å². The van der Waals surface area contributed by atoms with Gasteiger partial charge in [0.25, 0.3) is 0 Å². The lowest BCUT2D eigenvalue weighted by atomic mass is 9.80. The maximum absolute atomic E-state index is 15.2. The average molecular weight is 552 g/mol. The summed E-state index contributed by atoms with van der Waals surface area (Å²) >= 11 is 0. The van der Waals surface area contributed by atoms with Crippen molar-refractivity contribution in [3.05, 3.63) is 94.8 Å². The van der Waals surface area contributed by atoms with Crippen LogP contribution in [-0.4, -0.2) is 29.1 Å². The Kier molecular flexibility index (Phi) is 7.19. The van der Waals surface area contributed by atoms with Gasteiger partial charge in [-0.15, -0.1) is 0 Å². The number of carboxylic acid groups (broad SMARTS) is 1. The molecule has 1 N–H and O–H groups in total. The third-order valence-corrected chi connectivity index (χ3v) is 9.16. The van der Waals surface area contributed by atoms with Gasteiger partial charge in [0.1, 0.15) is 5.82 Å². The summed E-state index contributed by atoms with van der Waals surface area (Å²) in [5.41, 5.74) is 0.589. The maximum Gasteiger partial charge on any atom is 0.417 e. The van der Waals surface area contributed by atoms with E-state index in [-0.39, 0.29) is 23.5 Å². The average Bonchev–Trinajstić information content (AvgIpc) is 3.51. The number of alkyl halides is 3. The van der Waals surface area contributed by atoms with E-state index in [4.69, 9.17) is 0 Å². The number of likely N-dealkylation sites (tertiary alicyclic amines) is 1. The summed E-state index contributed by atoms with van der Waals surface area (Å²) in [5.74, 6) is -1.74. The Hall–Kier alpha value is -3.19. The molecule has 3 nitrogen and oxygen atoms in total. The number of hydrogen-bond donors (Lipinski definition) is 1. The zero-order chi connectivity index (χ0) is 28.0. The van der Waals surface area contributed by atoms with Crippen LogP contribution in [0.3, 0.4) is 0 Å². The summed E-state index contributed by atoms with van der Waals surface area (Å²) in [4.78, 5) is 14.6. The van der Waals surface area contributed by atoms with Gasteiger partial charge in [0, 0.05) is 13.1 Å². The summed E-state index contributed by atoms with van der Waals surface area (Å²) in [5, 5.41) is 10.1. The van der Waals surface area contributed by atoms with Crippen LogP contribution in [-0.2, 0) is 11.0 Å². The van der Waals surface area contributed by atoms with Gasteiger partial charge in [0.05, 0.1) is 17.5 Å². The summed E-state index contributed by atoms with van der Waals surface area (Å²) in [7, 11) is 0. The van der Waals surface area contributed by atoms with Crippen molar-refractivity contribution in [2.75, 3.05) is 13.1 Å². The van der Waals surface area contributed by atoms with Crippen molar-refractivity contribution < 1.29 is 27.5 Å². The molecule has 3 aromatic carbocycles. The molecule has 210 valence electrons. The summed E-state index contributed by atoms with van der Waals surface area (Å²) in [6.07, 6.45) is 0.501. The normalized spacial score (nSPS) is 22.7. The first-order chi connectivity index (χ1) is 19.2.